The van der Waals surface area contributed by atoms with E-state index in [9.17, 15) is 13.2 Å². The lowest BCUT2D eigenvalue weighted by atomic mass is 10.1. The fourth-order valence-electron chi connectivity index (χ4n) is 1.54. The van der Waals surface area contributed by atoms with E-state index in [0.717, 1.165) is 6.07 Å². The summed E-state index contributed by atoms with van der Waals surface area (Å²) >= 11 is 0. The molecule has 18 heavy (non-hydrogen) atoms. The standard InChI is InChI=1S/C11H8F3N3.ClH/c12-11(13,14)7-5-6-3-1-2-4-8(6)17-9(7)10(15)16;/h1-5H,(H3,15,16);1H. The Morgan fingerprint density at radius 1 is 1.22 bits per heavy atom. The third kappa shape index (κ3) is 2.53. The number of hydrogen-bond acceptors (Lipinski definition) is 2. The lowest BCUT2D eigenvalue weighted by Crippen LogP contribution is -2.20. The average Bonchev–Trinajstić information content (AvgIpc) is 2.26. The lowest BCUT2D eigenvalue weighted by Gasteiger charge is -2.12. The van der Waals surface area contributed by atoms with Crippen molar-refractivity contribution < 1.29 is 13.2 Å². The summed E-state index contributed by atoms with van der Waals surface area (Å²) in [5, 5.41) is 7.51. The Balaban J connectivity index is 0.00000162. The molecular formula is C11H9ClF3N3. The van der Waals surface area contributed by atoms with Crippen molar-refractivity contribution in [2.24, 2.45) is 5.73 Å². The molecule has 0 amide bonds. The van der Waals surface area contributed by atoms with Crippen LogP contribution in [0, 0.1) is 5.41 Å². The predicted octanol–water partition coefficient (Wildman–Crippen LogP) is 2.96. The van der Waals surface area contributed by atoms with Crippen molar-refractivity contribution in [1.82, 2.24) is 4.98 Å². The van der Waals surface area contributed by atoms with Crippen LogP contribution in [0.15, 0.2) is 30.3 Å². The van der Waals surface area contributed by atoms with Crippen molar-refractivity contribution in [2.75, 3.05) is 0 Å². The van der Waals surface area contributed by atoms with Crippen LogP contribution in [-0.4, -0.2) is 10.8 Å². The number of nitrogens with two attached hydrogens (primary N) is 1. The number of halogens is 4. The zero-order valence-electron chi connectivity index (χ0n) is 8.95. The first kappa shape index (κ1) is 14.2. The highest BCUT2D eigenvalue weighted by Crippen LogP contribution is 2.33. The van der Waals surface area contributed by atoms with E-state index in [0.29, 0.717) is 10.9 Å². The van der Waals surface area contributed by atoms with Crippen molar-refractivity contribution in [1.29, 1.82) is 5.41 Å². The smallest absolute Gasteiger partial charge is 0.382 e. The van der Waals surface area contributed by atoms with Gasteiger partial charge in [0.2, 0.25) is 0 Å². The van der Waals surface area contributed by atoms with E-state index in [4.69, 9.17) is 11.1 Å². The van der Waals surface area contributed by atoms with E-state index in [2.05, 4.69) is 4.98 Å². The van der Waals surface area contributed by atoms with Crippen molar-refractivity contribution in [3.8, 4) is 0 Å². The van der Waals surface area contributed by atoms with Crippen LogP contribution < -0.4 is 5.73 Å². The molecule has 0 aliphatic carbocycles. The van der Waals surface area contributed by atoms with Gasteiger partial charge in [-0.15, -0.1) is 12.4 Å². The van der Waals surface area contributed by atoms with Gasteiger partial charge in [0.15, 0.2) is 0 Å². The second-order valence-electron chi connectivity index (χ2n) is 3.49. The van der Waals surface area contributed by atoms with Gasteiger partial charge in [-0.25, -0.2) is 4.98 Å². The van der Waals surface area contributed by atoms with Gasteiger partial charge in [-0.3, -0.25) is 5.41 Å². The number of para-hydroxylation sites is 1. The Morgan fingerprint density at radius 2 is 1.83 bits per heavy atom. The quantitative estimate of drug-likeness (QED) is 0.621. The summed E-state index contributed by atoms with van der Waals surface area (Å²) in [6, 6.07) is 7.34. The van der Waals surface area contributed by atoms with Gasteiger partial charge in [0.25, 0.3) is 0 Å². The predicted molar refractivity (Wildman–Crippen MR) is 65.0 cm³/mol. The Morgan fingerprint density at radius 3 is 2.39 bits per heavy atom. The third-order valence-electron chi connectivity index (χ3n) is 2.28. The summed E-state index contributed by atoms with van der Waals surface area (Å²) in [6.07, 6.45) is -4.57. The molecule has 7 heteroatoms. The van der Waals surface area contributed by atoms with Gasteiger partial charge in [-0.05, 0) is 12.1 Å². The second kappa shape index (κ2) is 4.81. The molecule has 0 unspecified atom stereocenters. The fraction of sp³-hybridized carbons (Fsp3) is 0.0909. The number of benzene rings is 1. The summed E-state index contributed by atoms with van der Waals surface area (Å²) in [7, 11) is 0. The Bertz CT molecular complexity index is 596. The van der Waals surface area contributed by atoms with Crippen molar-refractivity contribution >= 4 is 29.1 Å². The van der Waals surface area contributed by atoms with Crippen LogP contribution in [0.2, 0.25) is 0 Å². The number of rotatable bonds is 1. The summed E-state index contributed by atoms with van der Waals surface area (Å²) in [6.45, 7) is 0. The molecule has 2 aromatic rings. The number of alkyl halides is 3. The van der Waals surface area contributed by atoms with E-state index >= 15 is 0 Å². The highest BCUT2D eigenvalue weighted by Gasteiger charge is 2.35. The summed E-state index contributed by atoms with van der Waals surface area (Å²) in [5.74, 6) is -0.692. The maximum Gasteiger partial charge on any atom is 0.418 e. The molecule has 0 saturated heterocycles. The Hall–Kier alpha value is -1.82. The number of nitrogen functional groups attached to an aromatic ring is 1. The Kier molecular flexibility index (Phi) is 3.81. The van der Waals surface area contributed by atoms with Crippen LogP contribution >= 0.6 is 12.4 Å². The fourth-order valence-corrected chi connectivity index (χ4v) is 1.54. The molecule has 0 spiro atoms. The number of amidine groups is 1. The zero-order valence-corrected chi connectivity index (χ0v) is 9.77. The van der Waals surface area contributed by atoms with Crippen molar-refractivity contribution in [2.45, 2.75) is 6.18 Å². The van der Waals surface area contributed by atoms with Gasteiger partial charge < -0.3 is 5.73 Å². The SMILES string of the molecule is Cl.N=C(N)c1nc2ccccc2cc1C(F)(F)F. The number of aromatic nitrogens is 1. The van der Waals surface area contributed by atoms with Crippen LogP contribution in [0.5, 0.6) is 0 Å². The molecule has 0 saturated carbocycles. The molecule has 1 heterocycles. The molecule has 1 aromatic carbocycles. The Labute approximate surface area is 107 Å². The first-order chi connectivity index (χ1) is 7.89. The van der Waals surface area contributed by atoms with Gasteiger partial charge in [0.1, 0.15) is 11.5 Å². The summed E-state index contributed by atoms with van der Waals surface area (Å²) in [4.78, 5) is 3.77. The highest BCUT2D eigenvalue weighted by molar-refractivity contribution is 5.97. The number of hydrogen-bond donors (Lipinski definition) is 2. The normalized spacial score (nSPS) is 11.1. The summed E-state index contributed by atoms with van der Waals surface area (Å²) < 4.78 is 38.2. The van der Waals surface area contributed by atoms with E-state index in [-0.39, 0.29) is 12.4 Å². The molecule has 0 aliphatic rings. The largest absolute Gasteiger partial charge is 0.418 e. The molecule has 0 aliphatic heterocycles. The molecule has 0 radical (unpaired) electrons. The molecule has 96 valence electrons. The van der Waals surface area contributed by atoms with Crippen LogP contribution in [0.25, 0.3) is 10.9 Å². The first-order valence-corrected chi connectivity index (χ1v) is 4.71. The van der Waals surface area contributed by atoms with E-state index in [1.54, 1.807) is 18.2 Å². The minimum atomic E-state index is -4.57. The maximum atomic E-state index is 12.7. The van der Waals surface area contributed by atoms with Crippen LogP contribution in [-0.2, 0) is 6.18 Å². The summed E-state index contributed by atoms with van der Waals surface area (Å²) in [5.41, 5.74) is 3.99. The average molecular weight is 276 g/mol. The maximum absolute atomic E-state index is 12.7. The topological polar surface area (TPSA) is 62.8 Å². The van der Waals surface area contributed by atoms with Gasteiger partial charge in [0, 0.05) is 5.39 Å². The molecule has 1 aromatic heterocycles. The number of pyridine rings is 1. The number of fused-ring (bicyclic) bond motifs is 1. The molecule has 0 fully saturated rings. The second-order valence-corrected chi connectivity index (χ2v) is 3.49. The van der Waals surface area contributed by atoms with E-state index in [1.807, 2.05) is 0 Å². The molecule has 3 N–H and O–H groups in total. The van der Waals surface area contributed by atoms with Crippen molar-refractivity contribution in [3.05, 3.63) is 41.6 Å². The van der Waals surface area contributed by atoms with Gasteiger partial charge in [-0.1, -0.05) is 18.2 Å². The van der Waals surface area contributed by atoms with Crippen LogP contribution in [0.3, 0.4) is 0 Å². The minimum Gasteiger partial charge on any atom is -0.382 e. The molecule has 0 bridgehead atoms. The van der Waals surface area contributed by atoms with Crippen molar-refractivity contribution in [3.63, 3.8) is 0 Å². The third-order valence-corrected chi connectivity index (χ3v) is 2.28. The minimum absolute atomic E-state index is 0. The molecule has 3 nitrogen and oxygen atoms in total. The number of nitrogens with zero attached hydrogens (tertiary/aromatic N) is 1. The van der Waals surface area contributed by atoms with Gasteiger partial charge in [-0.2, -0.15) is 13.2 Å². The van der Waals surface area contributed by atoms with Gasteiger partial charge in [0.05, 0.1) is 11.1 Å². The van der Waals surface area contributed by atoms with E-state index < -0.39 is 23.3 Å². The van der Waals surface area contributed by atoms with E-state index in [1.165, 1.54) is 6.07 Å². The highest BCUT2D eigenvalue weighted by atomic mass is 35.5. The molecular weight excluding hydrogens is 267 g/mol. The number of nitrogens with one attached hydrogen (secondary N) is 1. The van der Waals surface area contributed by atoms with Crippen LogP contribution in [0.1, 0.15) is 11.3 Å². The molecule has 0 atom stereocenters. The van der Waals surface area contributed by atoms with Gasteiger partial charge >= 0.3 is 6.18 Å². The lowest BCUT2D eigenvalue weighted by molar-refractivity contribution is -0.137. The molecule has 2 rings (SSSR count). The van der Waals surface area contributed by atoms with Crippen LogP contribution in [0.4, 0.5) is 13.2 Å². The monoisotopic (exact) mass is 275 g/mol. The zero-order chi connectivity index (χ0) is 12.6. The first-order valence-electron chi connectivity index (χ1n) is 4.71.